The van der Waals surface area contributed by atoms with E-state index in [2.05, 4.69) is 0 Å². The fourth-order valence-corrected chi connectivity index (χ4v) is 4.29. The molecule has 0 aromatic carbocycles. The molecular formula is C16H25ClN2OS. The molecule has 118 valence electrons. The van der Waals surface area contributed by atoms with Gasteiger partial charge in [-0.15, -0.1) is 11.3 Å². The zero-order valence-electron chi connectivity index (χ0n) is 12.7. The van der Waals surface area contributed by atoms with Crippen molar-refractivity contribution in [2.75, 3.05) is 13.1 Å². The van der Waals surface area contributed by atoms with Crippen molar-refractivity contribution in [1.29, 1.82) is 0 Å². The summed E-state index contributed by atoms with van der Waals surface area (Å²) in [5.41, 5.74) is 6.04. The van der Waals surface area contributed by atoms with Gasteiger partial charge in [0.25, 0.3) is 0 Å². The van der Waals surface area contributed by atoms with Crippen molar-refractivity contribution < 1.29 is 4.79 Å². The first-order valence-corrected chi connectivity index (χ1v) is 9.00. The van der Waals surface area contributed by atoms with Gasteiger partial charge in [-0.2, -0.15) is 0 Å². The van der Waals surface area contributed by atoms with Crippen LogP contribution in [0.4, 0.5) is 0 Å². The second-order valence-electron chi connectivity index (χ2n) is 6.06. The van der Waals surface area contributed by atoms with Gasteiger partial charge in [0.15, 0.2) is 0 Å². The smallest absolute Gasteiger partial charge is 0.223 e. The van der Waals surface area contributed by atoms with Crippen molar-refractivity contribution in [2.45, 2.75) is 52.0 Å². The molecule has 2 N–H and O–H groups in total. The summed E-state index contributed by atoms with van der Waals surface area (Å²) in [5, 5.41) is 0. The molecule has 1 saturated carbocycles. The molecule has 0 radical (unpaired) electrons. The second kappa shape index (κ2) is 7.61. The standard InChI is InChI=1S/C16H25ClN2OS/c1-2-19(11-13-6-7-14(17)21-13)15(20)10-16(12-18)8-4-3-5-9-16/h6-7H,2-5,8-12,18H2,1H3. The highest BCUT2D eigenvalue weighted by Crippen LogP contribution is 2.39. The average Bonchev–Trinajstić information content (AvgIpc) is 2.91. The van der Waals surface area contributed by atoms with Crippen LogP contribution in [0.25, 0.3) is 0 Å². The van der Waals surface area contributed by atoms with Crippen LogP contribution >= 0.6 is 22.9 Å². The Labute approximate surface area is 136 Å². The van der Waals surface area contributed by atoms with Gasteiger partial charge in [0.2, 0.25) is 5.91 Å². The maximum atomic E-state index is 12.7. The molecule has 1 aromatic rings. The molecule has 0 bridgehead atoms. The van der Waals surface area contributed by atoms with Gasteiger partial charge in [0.1, 0.15) is 0 Å². The fourth-order valence-electron chi connectivity index (χ4n) is 3.19. The number of amides is 1. The van der Waals surface area contributed by atoms with Crippen molar-refractivity contribution in [3.05, 3.63) is 21.3 Å². The molecule has 0 spiro atoms. The molecule has 2 rings (SSSR count). The van der Waals surface area contributed by atoms with E-state index >= 15 is 0 Å². The first kappa shape index (κ1) is 16.8. The predicted molar refractivity (Wildman–Crippen MR) is 89.6 cm³/mol. The Morgan fingerprint density at radius 3 is 2.62 bits per heavy atom. The Balaban J connectivity index is 1.98. The Morgan fingerprint density at radius 1 is 1.38 bits per heavy atom. The van der Waals surface area contributed by atoms with Gasteiger partial charge < -0.3 is 10.6 Å². The van der Waals surface area contributed by atoms with E-state index in [1.54, 1.807) is 11.3 Å². The molecule has 1 amide bonds. The minimum Gasteiger partial charge on any atom is -0.338 e. The Hall–Kier alpha value is -0.580. The monoisotopic (exact) mass is 328 g/mol. The van der Waals surface area contributed by atoms with E-state index in [0.717, 1.165) is 28.6 Å². The molecule has 0 atom stereocenters. The van der Waals surface area contributed by atoms with Gasteiger partial charge >= 0.3 is 0 Å². The van der Waals surface area contributed by atoms with Gasteiger partial charge in [-0.05, 0) is 43.9 Å². The van der Waals surface area contributed by atoms with Gasteiger partial charge in [-0.3, -0.25) is 4.79 Å². The molecule has 1 aliphatic carbocycles. The minimum absolute atomic E-state index is 0.0375. The third kappa shape index (κ3) is 4.44. The van der Waals surface area contributed by atoms with E-state index in [4.69, 9.17) is 17.3 Å². The zero-order chi connectivity index (χ0) is 15.3. The molecule has 0 unspecified atom stereocenters. The van der Waals surface area contributed by atoms with Gasteiger partial charge in [0.05, 0.1) is 10.9 Å². The maximum absolute atomic E-state index is 12.7. The van der Waals surface area contributed by atoms with Crippen molar-refractivity contribution >= 4 is 28.8 Å². The van der Waals surface area contributed by atoms with E-state index < -0.39 is 0 Å². The lowest BCUT2D eigenvalue weighted by Crippen LogP contribution is -2.40. The number of rotatable bonds is 6. The number of halogens is 1. The van der Waals surface area contributed by atoms with Crippen LogP contribution in [0.5, 0.6) is 0 Å². The molecule has 21 heavy (non-hydrogen) atoms. The van der Waals surface area contributed by atoms with Crippen LogP contribution in [0.1, 0.15) is 50.3 Å². The molecular weight excluding hydrogens is 304 g/mol. The number of nitrogens with two attached hydrogens (primary N) is 1. The summed E-state index contributed by atoms with van der Waals surface area (Å²) >= 11 is 7.51. The third-order valence-corrected chi connectivity index (χ3v) is 5.80. The van der Waals surface area contributed by atoms with Gasteiger partial charge in [0, 0.05) is 17.8 Å². The van der Waals surface area contributed by atoms with Gasteiger partial charge in [-0.25, -0.2) is 0 Å². The predicted octanol–water partition coefficient (Wildman–Crippen LogP) is 4.05. The summed E-state index contributed by atoms with van der Waals surface area (Å²) in [4.78, 5) is 15.7. The lowest BCUT2D eigenvalue weighted by molar-refractivity contribution is -0.134. The molecule has 1 aromatic heterocycles. The molecule has 5 heteroatoms. The largest absolute Gasteiger partial charge is 0.338 e. The molecule has 0 aliphatic heterocycles. The maximum Gasteiger partial charge on any atom is 0.223 e. The quantitative estimate of drug-likeness (QED) is 0.856. The lowest BCUT2D eigenvalue weighted by atomic mass is 9.71. The Bertz CT molecular complexity index is 469. The summed E-state index contributed by atoms with van der Waals surface area (Å²) in [6.07, 6.45) is 6.47. The topological polar surface area (TPSA) is 46.3 Å². The van der Waals surface area contributed by atoms with Crippen LogP contribution in [0.15, 0.2) is 12.1 Å². The van der Waals surface area contributed by atoms with E-state index in [1.807, 2.05) is 24.0 Å². The molecule has 0 saturated heterocycles. The Kier molecular flexibility index (Phi) is 6.08. The third-order valence-electron chi connectivity index (χ3n) is 4.58. The minimum atomic E-state index is 0.0375. The average molecular weight is 329 g/mol. The number of nitrogens with zero attached hydrogens (tertiary/aromatic N) is 1. The lowest BCUT2D eigenvalue weighted by Gasteiger charge is -2.37. The highest BCUT2D eigenvalue weighted by Gasteiger charge is 2.34. The number of carbonyl (C=O) groups is 1. The van der Waals surface area contributed by atoms with Crippen LogP contribution in [0.3, 0.4) is 0 Å². The summed E-state index contributed by atoms with van der Waals surface area (Å²) in [7, 11) is 0. The van der Waals surface area contributed by atoms with Crippen molar-refractivity contribution in [2.24, 2.45) is 11.1 Å². The Morgan fingerprint density at radius 2 is 2.10 bits per heavy atom. The van der Waals surface area contributed by atoms with Crippen LogP contribution in [0.2, 0.25) is 4.34 Å². The van der Waals surface area contributed by atoms with E-state index in [0.29, 0.717) is 19.5 Å². The summed E-state index contributed by atoms with van der Waals surface area (Å²) in [5.74, 6) is 0.231. The summed E-state index contributed by atoms with van der Waals surface area (Å²) < 4.78 is 0.777. The zero-order valence-corrected chi connectivity index (χ0v) is 14.3. The molecule has 3 nitrogen and oxygen atoms in total. The molecule has 1 heterocycles. The number of hydrogen-bond acceptors (Lipinski definition) is 3. The van der Waals surface area contributed by atoms with Crippen molar-refractivity contribution in [3.63, 3.8) is 0 Å². The second-order valence-corrected chi connectivity index (χ2v) is 7.85. The molecule has 1 fully saturated rings. The number of thiophene rings is 1. The highest BCUT2D eigenvalue weighted by molar-refractivity contribution is 7.16. The summed E-state index contributed by atoms with van der Waals surface area (Å²) in [6.45, 7) is 4.05. The normalized spacial score (nSPS) is 17.7. The van der Waals surface area contributed by atoms with Crippen molar-refractivity contribution in [3.8, 4) is 0 Å². The van der Waals surface area contributed by atoms with E-state index in [9.17, 15) is 4.79 Å². The van der Waals surface area contributed by atoms with Crippen LogP contribution in [-0.2, 0) is 11.3 Å². The molecule has 1 aliphatic rings. The SMILES string of the molecule is CCN(Cc1ccc(Cl)s1)C(=O)CC1(CN)CCCCC1. The van der Waals surface area contributed by atoms with Crippen molar-refractivity contribution in [1.82, 2.24) is 4.90 Å². The van der Waals surface area contributed by atoms with Crippen LogP contribution in [-0.4, -0.2) is 23.9 Å². The number of hydrogen-bond donors (Lipinski definition) is 1. The first-order chi connectivity index (χ1) is 10.1. The van der Waals surface area contributed by atoms with Crippen LogP contribution < -0.4 is 5.73 Å². The summed E-state index contributed by atoms with van der Waals surface area (Å²) in [6, 6.07) is 3.89. The van der Waals surface area contributed by atoms with Crippen LogP contribution in [0, 0.1) is 5.41 Å². The van der Waals surface area contributed by atoms with E-state index in [-0.39, 0.29) is 11.3 Å². The first-order valence-electron chi connectivity index (χ1n) is 7.80. The van der Waals surface area contributed by atoms with E-state index in [1.165, 1.54) is 19.3 Å². The fraction of sp³-hybridized carbons (Fsp3) is 0.688. The van der Waals surface area contributed by atoms with Gasteiger partial charge in [-0.1, -0.05) is 30.9 Å². The highest BCUT2D eigenvalue weighted by atomic mass is 35.5. The number of carbonyl (C=O) groups excluding carboxylic acids is 1.